The first-order chi connectivity index (χ1) is 10.1. The minimum Gasteiger partial charge on any atom is -0.481 e. The second-order valence-electron chi connectivity index (χ2n) is 6.00. The summed E-state index contributed by atoms with van der Waals surface area (Å²) in [6.45, 7) is 5.66. The molecule has 2 rings (SSSR count). The fourth-order valence-electron chi connectivity index (χ4n) is 2.92. The minimum absolute atomic E-state index is 0.165. The van der Waals surface area contributed by atoms with Crippen LogP contribution in [0.4, 0.5) is 5.69 Å². The van der Waals surface area contributed by atoms with Gasteiger partial charge in [0.2, 0.25) is 0 Å². The van der Waals surface area contributed by atoms with Crippen molar-refractivity contribution in [3.63, 3.8) is 0 Å². The quantitative estimate of drug-likeness (QED) is 0.874. The molecule has 0 amide bonds. The van der Waals surface area contributed by atoms with Crippen molar-refractivity contribution in [3.05, 3.63) is 30.3 Å². The number of rotatable bonds is 6. The first-order valence-electron chi connectivity index (χ1n) is 7.73. The summed E-state index contributed by atoms with van der Waals surface area (Å²) in [7, 11) is 0. The molecule has 0 spiro atoms. The van der Waals surface area contributed by atoms with Crippen molar-refractivity contribution in [2.24, 2.45) is 5.92 Å². The molecule has 1 heterocycles. The molecule has 2 unspecified atom stereocenters. The Hall–Kier alpha value is -1.55. The molecule has 0 radical (unpaired) electrons. The van der Waals surface area contributed by atoms with E-state index in [1.807, 2.05) is 18.2 Å². The first kappa shape index (κ1) is 15.8. The summed E-state index contributed by atoms with van der Waals surface area (Å²) in [5, 5.41) is 9.00. The second kappa shape index (κ2) is 7.46. The third kappa shape index (κ3) is 4.46. The van der Waals surface area contributed by atoms with Gasteiger partial charge in [-0.05, 0) is 30.9 Å². The fourth-order valence-corrected chi connectivity index (χ4v) is 2.92. The van der Waals surface area contributed by atoms with Gasteiger partial charge in [-0.1, -0.05) is 32.0 Å². The summed E-state index contributed by atoms with van der Waals surface area (Å²) >= 11 is 0. The van der Waals surface area contributed by atoms with Gasteiger partial charge in [0.25, 0.3) is 0 Å². The molecule has 4 nitrogen and oxygen atoms in total. The molecule has 21 heavy (non-hydrogen) atoms. The number of para-hydroxylation sites is 1. The van der Waals surface area contributed by atoms with Crippen molar-refractivity contribution in [3.8, 4) is 0 Å². The summed E-state index contributed by atoms with van der Waals surface area (Å²) < 4.78 is 5.84. The molecule has 4 heteroatoms. The predicted octanol–water partition coefficient (Wildman–Crippen LogP) is 3.17. The van der Waals surface area contributed by atoms with Gasteiger partial charge in [-0.3, -0.25) is 4.79 Å². The molecular weight excluding hydrogens is 266 g/mol. The van der Waals surface area contributed by atoms with E-state index in [4.69, 9.17) is 9.84 Å². The lowest BCUT2D eigenvalue weighted by Crippen LogP contribution is -2.44. The molecular formula is C17H25NO3. The molecule has 0 saturated carbocycles. The number of anilines is 1. The average Bonchev–Trinajstić information content (AvgIpc) is 2.48. The highest BCUT2D eigenvalue weighted by atomic mass is 16.5. The third-order valence-electron chi connectivity index (χ3n) is 4.13. The minimum atomic E-state index is -0.747. The largest absolute Gasteiger partial charge is 0.481 e. The molecule has 1 aliphatic heterocycles. The predicted molar refractivity (Wildman–Crippen MR) is 83.6 cm³/mol. The van der Waals surface area contributed by atoms with Crippen molar-refractivity contribution in [1.82, 2.24) is 0 Å². The lowest BCUT2D eigenvalue weighted by molar-refractivity contribution is -0.136. The van der Waals surface area contributed by atoms with Gasteiger partial charge in [-0.25, -0.2) is 0 Å². The van der Waals surface area contributed by atoms with Crippen LogP contribution < -0.4 is 4.90 Å². The molecule has 0 bridgehead atoms. The standard InChI is InChI=1S/C17H25NO3/c1-13(2)16-12-15(9-11-21-16)18(10-8-17(19)20)14-6-4-3-5-7-14/h3-7,13,15-16H,8-12H2,1-2H3,(H,19,20). The third-order valence-corrected chi connectivity index (χ3v) is 4.13. The van der Waals surface area contributed by atoms with E-state index in [9.17, 15) is 4.79 Å². The van der Waals surface area contributed by atoms with Crippen molar-refractivity contribution < 1.29 is 14.6 Å². The summed E-state index contributed by atoms with van der Waals surface area (Å²) in [5.74, 6) is -0.256. The monoisotopic (exact) mass is 291 g/mol. The van der Waals surface area contributed by atoms with Gasteiger partial charge in [-0.2, -0.15) is 0 Å². The molecule has 1 fully saturated rings. The van der Waals surface area contributed by atoms with E-state index in [0.29, 0.717) is 18.5 Å². The Bertz CT molecular complexity index is 447. The van der Waals surface area contributed by atoms with Crippen molar-refractivity contribution in [2.75, 3.05) is 18.1 Å². The number of hydrogen-bond acceptors (Lipinski definition) is 3. The normalized spacial score (nSPS) is 22.2. The fraction of sp³-hybridized carbons (Fsp3) is 0.588. The van der Waals surface area contributed by atoms with Crippen molar-refractivity contribution >= 4 is 11.7 Å². The molecule has 1 aromatic carbocycles. The number of hydrogen-bond donors (Lipinski definition) is 1. The van der Waals surface area contributed by atoms with Crippen LogP contribution in [0.2, 0.25) is 0 Å². The Morgan fingerprint density at radius 3 is 2.71 bits per heavy atom. The molecule has 0 aliphatic carbocycles. The van der Waals surface area contributed by atoms with Crippen LogP contribution in [0.1, 0.15) is 33.1 Å². The number of benzene rings is 1. The van der Waals surface area contributed by atoms with Crippen LogP contribution in [0, 0.1) is 5.92 Å². The lowest BCUT2D eigenvalue weighted by Gasteiger charge is -2.40. The van der Waals surface area contributed by atoms with Crippen LogP contribution in [-0.2, 0) is 9.53 Å². The van der Waals surface area contributed by atoms with Crippen LogP contribution in [0.5, 0.6) is 0 Å². The van der Waals surface area contributed by atoms with E-state index in [1.165, 1.54) is 0 Å². The topological polar surface area (TPSA) is 49.8 Å². The number of ether oxygens (including phenoxy) is 1. The van der Waals surface area contributed by atoms with Crippen LogP contribution in [0.3, 0.4) is 0 Å². The molecule has 1 aliphatic rings. The maximum absolute atomic E-state index is 10.9. The van der Waals surface area contributed by atoms with E-state index in [2.05, 4.69) is 30.9 Å². The van der Waals surface area contributed by atoms with Gasteiger partial charge in [0.05, 0.1) is 12.5 Å². The van der Waals surface area contributed by atoms with E-state index < -0.39 is 5.97 Å². The lowest BCUT2D eigenvalue weighted by atomic mass is 9.94. The number of carbonyl (C=O) groups is 1. The molecule has 2 atom stereocenters. The second-order valence-corrected chi connectivity index (χ2v) is 6.00. The highest BCUT2D eigenvalue weighted by Gasteiger charge is 2.29. The van der Waals surface area contributed by atoms with Gasteiger partial charge in [0.15, 0.2) is 0 Å². The molecule has 1 saturated heterocycles. The molecule has 0 aromatic heterocycles. The van der Waals surface area contributed by atoms with E-state index >= 15 is 0 Å². The summed E-state index contributed by atoms with van der Waals surface area (Å²) in [6.07, 6.45) is 2.35. The van der Waals surface area contributed by atoms with E-state index in [-0.39, 0.29) is 12.5 Å². The van der Waals surface area contributed by atoms with Crippen molar-refractivity contribution in [1.29, 1.82) is 0 Å². The van der Waals surface area contributed by atoms with Crippen LogP contribution >= 0.6 is 0 Å². The van der Waals surface area contributed by atoms with Gasteiger partial charge < -0.3 is 14.7 Å². The van der Waals surface area contributed by atoms with E-state index in [1.54, 1.807) is 0 Å². The zero-order valence-electron chi connectivity index (χ0n) is 12.9. The smallest absolute Gasteiger partial charge is 0.305 e. The Morgan fingerprint density at radius 1 is 1.38 bits per heavy atom. The summed E-state index contributed by atoms with van der Waals surface area (Å²) in [5.41, 5.74) is 1.10. The molecule has 116 valence electrons. The highest BCUT2D eigenvalue weighted by molar-refractivity contribution is 5.67. The Labute approximate surface area is 126 Å². The average molecular weight is 291 g/mol. The van der Waals surface area contributed by atoms with Crippen molar-refractivity contribution in [2.45, 2.75) is 45.3 Å². The number of nitrogens with zero attached hydrogens (tertiary/aromatic N) is 1. The maximum Gasteiger partial charge on any atom is 0.305 e. The summed E-state index contributed by atoms with van der Waals surface area (Å²) in [6, 6.07) is 10.5. The zero-order valence-corrected chi connectivity index (χ0v) is 12.9. The Kier molecular flexibility index (Phi) is 5.62. The van der Waals surface area contributed by atoms with Gasteiger partial charge in [0, 0.05) is 24.9 Å². The van der Waals surface area contributed by atoms with Crippen LogP contribution in [0.15, 0.2) is 30.3 Å². The van der Waals surface area contributed by atoms with Gasteiger partial charge >= 0.3 is 5.97 Å². The number of carboxylic acid groups (broad SMARTS) is 1. The molecule has 1 aromatic rings. The van der Waals surface area contributed by atoms with Crippen LogP contribution in [0.25, 0.3) is 0 Å². The maximum atomic E-state index is 10.9. The van der Waals surface area contributed by atoms with Gasteiger partial charge in [0.1, 0.15) is 0 Å². The highest BCUT2D eigenvalue weighted by Crippen LogP contribution is 2.28. The zero-order chi connectivity index (χ0) is 15.2. The summed E-state index contributed by atoms with van der Waals surface area (Å²) in [4.78, 5) is 13.2. The molecule has 1 N–H and O–H groups in total. The van der Waals surface area contributed by atoms with Crippen LogP contribution in [-0.4, -0.2) is 36.4 Å². The SMILES string of the molecule is CC(C)C1CC(N(CCC(=O)O)c2ccccc2)CCO1. The first-order valence-corrected chi connectivity index (χ1v) is 7.73. The number of aliphatic carboxylic acids is 1. The van der Waals surface area contributed by atoms with E-state index in [0.717, 1.165) is 25.1 Å². The number of carboxylic acids is 1. The Balaban J connectivity index is 2.12. The Morgan fingerprint density at radius 2 is 2.10 bits per heavy atom. The van der Waals surface area contributed by atoms with Gasteiger partial charge in [-0.15, -0.1) is 0 Å².